The van der Waals surface area contributed by atoms with Crippen molar-refractivity contribution in [3.05, 3.63) is 12.7 Å². The lowest BCUT2D eigenvalue weighted by molar-refractivity contribution is -0.122. The largest absolute Gasteiger partial charge is 0.356 e. The zero-order valence-corrected chi connectivity index (χ0v) is 8.93. The maximum absolute atomic E-state index is 11.4. The lowest BCUT2D eigenvalue weighted by atomic mass is 9.87. The highest BCUT2D eigenvalue weighted by molar-refractivity contribution is 5.76. The average molecular weight is 195 g/mol. The van der Waals surface area contributed by atoms with Crippen LogP contribution in [0.25, 0.3) is 0 Å². The van der Waals surface area contributed by atoms with E-state index in [4.69, 9.17) is 0 Å². The van der Waals surface area contributed by atoms with Crippen molar-refractivity contribution < 1.29 is 4.79 Å². The van der Waals surface area contributed by atoms with Gasteiger partial charge in [-0.15, -0.1) is 6.58 Å². The highest BCUT2D eigenvalue weighted by Crippen LogP contribution is 2.25. The van der Waals surface area contributed by atoms with E-state index in [2.05, 4.69) is 11.9 Å². The molecule has 0 atom stereocenters. The maximum Gasteiger partial charge on any atom is 0.220 e. The first kappa shape index (κ1) is 11.3. The molecule has 0 aromatic heterocycles. The third kappa shape index (κ3) is 4.45. The van der Waals surface area contributed by atoms with Crippen LogP contribution in [-0.2, 0) is 4.79 Å². The Kier molecular flexibility index (Phi) is 5.35. The summed E-state index contributed by atoms with van der Waals surface area (Å²) in [5, 5.41) is 2.92. The van der Waals surface area contributed by atoms with Gasteiger partial charge in [0, 0.05) is 13.0 Å². The van der Waals surface area contributed by atoms with Crippen molar-refractivity contribution in [3.8, 4) is 0 Å². The first-order chi connectivity index (χ1) is 6.83. The Morgan fingerprint density at radius 3 is 2.71 bits per heavy atom. The van der Waals surface area contributed by atoms with Gasteiger partial charge in [-0.1, -0.05) is 25.3 Å². The van der Waals surface area contributed by atoms with Gasteiger partial charge in [-0.25, -0.2) is 0 Å². The number of rotatable bonds is 5. The second-order valence-corrected chi connectivity index (χ2v) is 4.14. The fourth-order valence-corrected chi connectivity index (χ4v) is 2.04. The molecular formula is C12H21NO. The van der Waals surface area contributed by atoms with E-state index in [1.807, 2.05) is 6.08 Å². The van der Waals surface area contributed by atoms with Crippen molar-refractivity contribution in [3.63, 3.8) is 0 Å². The molecule has 0 saturated heterocycles. The molecule has 0 radical (unpaired) electrons. The predicted octanol–water partition coefficient (Wildman–Crippen LogP) is 2.65. The molecular weight excluding hydrogens is 174 g/mol. The van der Waals surface area contributed by atoms with Gasteiger partial charge in [0.2, 0.25) is 5.91 Å². The summed E-state index contributed by atoms with van der Waals surface area (Å²) in [4.78, 5) is 11.4. The molecule has 14 heavy (non-hydrogen) atoms. The first-order valence-electron chi connectivity index (χ1n) is 5.70. The Morgan fingerprint density at radius 1 is 1.36 bits per heavy atom. The van der Waals surface area contributed by atoms with Crippen LogP contribution in [0.15, 0.2) is 12.7 Å². The first-order valence-corrected chi connectivity index (χ1v) is 5.70. The van der Waals surface area contributed by atoms with Crippen molar-refractivity contribution in [2.24, 2.45) is 5.92 Å². The second kappa shape index (κ2) is 6.63. The van der Waals surface area contributed by atoms with Crippen molar-refractivity contribution in [1.82, 2.24) is 5.32 Å². The smallest absolute Gasteiger partial charge is 0.220 e. The molecule has 2 nitrogen and oxygen atoms in total. The summed E-state index contributed by atoms with van der Waals surface area (Å²) in [5.41, 5.74) is 0. The van der Waals surface area contributed by atoms with Crippen LogP contribution < -0.4 is 5.32 Å². The van der Waals surface area contributed by atoms with Crippen LogP contribution in [0.1, 0.15) is 44.9 Å². The third-order valence-electron chi connectivity index (χ3n) is 2.87. The Hall–Kier alpha value is -0.790. The summed E-state index contributed by atoms with van der Waals surface area (Å²) < 4.78 is 0. The molecule has 1 rings (SSSR count). The Labute approximate surface area is 86.8 Å². The minimum atomic E-state index is 0.221. The van der Waals surface area contributed by atoms with Crippen LogP contribution in [0.2, 0.25) is 0 Å². The predicted molar refractivity (Wildman–Crippen MR) is 59.0 cm³/mol. The molecule has 80 valence electrons. The van der Waals surface area contributed by atoms with E-state index >= 15 is 0 Å². The molecule has 1 N–H and O–H groups in total. The molecule has 0 bridgehead atoms. The number of amides is 1. The summed E-state index contributed by atoms with van der Waals surface area (Å²) >= 11 is 0. The topological polar surface area (TPSA) is 29.1 Å². The molecule has 2 heteroatoms. The molecule has 1 fully saturated rings. The van der Waals surface area contributed by atoms with Gasteiger partial charge in [-0.3, -0.25) is 4.79 Å². The van der Waals surface area contributed by atoms with Gasteiger partial charge in [-0.2, -0.15) is 0 Å². The van der Waals surface area contributed by atoms with Crippen molar-refractivity contribution in [2.75, 3.05) is 6.54 Å². The van der Waals surface area contributed by atoms with Gasteiger partial charge in [0.1, 0.15) is 0 Å². The second-order valence-electron chi connectivity index (χ2n) is 4.14. The zero-order chi connectivity index (χ0) is 10.2. The summed E-state index contributed by atoms with van der Waals surface area (Å²) in [5.74, 6) is 0.867. The maximum atomic E-state index is 11.4. The Bertz CT molecular complexity index is 183. The highest BCUT2D eigenvalue weighted by Gasteiger charge is 2.16. The number of carbonyl (C=O) groups is 1. The lowest BCUT2D eigenvalue weighted by Gasteiger charge is -2.20. The lowest BCUT2D eigenvalue weighted by Crippen LogP contribution is -2.26. The number of hydrogen-bond donors (Lipinski definition) is 1. The molecule has 0 aliphatic heterocycles. The molecule has 1 amide bonds. The van der Waals surface area contributed by atoms with E-state index in [1.54, 1.807) is 0 Å². The fraction of sp³-hybridized carbons (Fsp3) is 0.750. The van der Waals surface area contributed by atoms with E-state index in [0.717, 1.165) is 19.4 Å². The molecule has 0 spiro atoms. The Balaban J connectivity index is 2.09. The van der Waals surface area contributed by atoms with Crippen molar-refractivity contribution >= 4 is 5.91 Å². The van der Waals surface area contributed by atoms with Gasteiger partial charge in [0.05, 0.1) is 0 Å². The van der Waals surface area contributed by atoms with Gasteiger partial charge in [0.25, 0.3) is 0 Å². The van der Waals surface area contributed by atoms with Crippen LogP contribution >= 0.6 is 0 Å². The third-order valence-corrected chi connectivity index (χ3v) is 2.87. The standard InChI is InChI=1S/C12H21NO/c1-2-3-9-13-12(14)10-11-7-5-4-6-8-11/h2,11H,1,3-10H2,(H,13,14). The van der Waals surface area contributed by atoms with Crippen molar-refractivity contribution in [2.45, 2.75) is 44.9 Å². The molecule has 1 aliphatic carbocycles. The van der Waals surface area contributed by atoms with E-state index < -0.39 is 0 Å². The fourth-order valence-electron chi connectivity index (χ4n) is 2.04. The molecule has 0 heterocycles. The molecule has 0 aromatic rings. The van der Waals surface area contributed by atoms with Gasteiger partial charge < -0.3 is 5.32 Å². The zero-order valence-electron chi connectivity index (χ0n) is 8.93. The van der Waals surface area contributed by atoms with E-state index in [0.29, 0.717) is 5.92 Å². The summed E-state index contributed by atoms with van der Waals surface area (Å²) in [6, 6.07) is 0. The monoisotopic (exact) mass is 195 g/mol. The molecule has 0 unspecified atom stereocenters. The van der Waals surface area contributed by atoms with E-state index in [9.17, 15) is 4.79 Å². The van der Waals surface area contributed by atoms with Gasteiger partial charge >= 0.3 is 0 Å². The van der Waals surface area contributed by atoms with Crippen LogP contribution in [0.5, 0.6) is 0 Å². The quantitative estimate of drug-likeness (QED) is 0.530. The summed E-state index contributed by atoms with van der Waals surface area (Å²) in [6.45, 7) is 4.37. The van der Waals surface area contributed by atoms with Crippen LogP contribution in [0.4, 0.5) is 0 Å². The van der Waals surface area contributed by atoms with Gasteiger partial charge in [-0.05, 0) is 25.2 Å². The number of hydrogen-bond acceptors (Lipinski definition) is 1. The average Bonchev–Trinajstić information content (AvgIpc) is 2.20. The number of carbonyl (C=O) groups excluding carboxylic acids is 1. The Morgan fingerprint density at radius 2 is 2.07 bits per heavy atom. The van der Waals surface area contributed by atoms with Crippen LogP contribution in [0, 0.1) is 5.92 Å². The van der Waals surface area contributed by atoms with Crippen LogP contribution in [0.3, 0.4) is 0 Å². The van der Waals surface area contributed by atoms with Crippen molar-refractivity contribution in [1.29, 1.82) is 0 Å². The minimum Gasteiger partial charge on any atom is -0.356 e. The highest BCUT2D eigenvalue weighted by atomic mass is 16.1. The normalized spacial score (nSPS) is 17.7. The molecule has 0 aromatic carbocycles. The molecule has 1 saturated carbocycles. The minimum absolute atomic E-state index is 0.221. The van der Waals surface area contributed by atoms with E-state index in [1.165, 1.54) is 32.1 Å². The summed E-state index contributed by atoms with van der Waals surface area (Å²) in [7, 11) is 0. The number of nitrogens with one attached hydrogen (secondary N) is 1. The van der Waals surface area contributed by atoms with Crippen LogP contribution in [-0.4, -0.2) is 12.5 Å². The summed E-state index contributed by atoms with van der Waals surface area (Å²) in [6.07, 6.45) is 9.90. The van der Waals surface area contributed by atoms with E-state index in [-0.39, 0.29) is 5.91 Å². The molecule has 1 aliphatic rings. The van der Waals surface area contributed by atoms with Gasteiger partial charge in [0.15, 0.2) is 0 Å². The SMILES string of the molecule is C=CCCNC(=O)CC1CCCCC1.